The predicted octanol–water partition coefficient (Wildman–Crippen LogP) is 2.87. The van der Waals surface area contributed by atoms with Crippen LogP contribution < -0.4 is 0 Å². The predicted molar refractivity (Wildman–Crippen MR) is 110 cm³/mol. The zero-order valence-electron chi connectivity index (χ0n) is 16.8. The van der Waals surface area contributed by atoms with E-state index in [2.05, 4.69) is 45.3 Å². The van der Waals surface area contributed by atoms with Crippen LogP contribution in [0.2, 0.25) is 0 Å². The van der Waals surface area contributed by atoms with Crippen molar-refractivity contribution in [1.82, 2.24) is 24.6 Å². The zero-order valence-corrected chi connectivity index (χ0v) is 16.8. The Morgan fingerprint density at radius 3 is 2.86 bits per heavy atom. The number of fused-ring (bicyclic) bond motifs is 1. The fourth-order valence-corrected chi connectivity index (χ4v) is 4.14. The van der Waals surface area contributed by atoms with Crippen molar-refractivity contribution >= 4 is 16.9 Å². The van der Waals surface area contributed by atoms with Crippen LogP contribution in [0.25, 0.3) is 11.0 Å². The number of hydrogen-bond donors (Lipinski definition) is 0. The van der Waals surface area contributed by atoms with Crippen molar-refractivity contribution in [2.24, 2.45) is 13.0 Å². The first-order valence-corrected chi connectivity index (χ1v) is 9.82. The minimum atomic E-state index is 0.0463. The number of carbonyl (C=O) groups excluding carboxylic acids is 1. The van der Waals surface area contributed by atoms with Gasteiger partial charge in [0, 0.05) is 39.4 Å². The number of likely N-dealkylation sites (tertiary alicyclic amines) is 1. The highest BCUT2D eigenvalue weighted by Crippen LogP contribution is 2.22. The lowest BCUT2D eigenvalue weighted by Gasteiger charge is -2.22. The standard InChI is InChI=1S/C22H27N5O/c1-16-11-19(20-12-23-26(3)21(20)24-16)22(28)25(2)13-18-9-10-27(15-18)14-17-7-5-4-6-8-17/h4-8,11-12,18H,9-10,13-15H2,1-3H3/t18-/m1/s1. The molecule has 1 saturated heterocycles. The molecule has 0 unspecified atom stereocenters. The van der Waals surface area contributed by atoms with E-state index in [0.717, 1.165) is 49.3 Å². The number of hydrogen-bond acceptors (Lipinski definition) is 4. The number of pyridine rings is 1. The van der Waals surface area contributed by atoms with Crippen molar-refractivity contribution in [2.45, 2.75) is 19.9 Å². The van der Waals surface area contributed by atoms with Crippen LogP contribution in [0.4, 0.5) is 0 Å². The van der Waals surface area contributed by atoms with E-state index in [0.29, 0.717) is 11.5 Å². The van der Waals surface area contributed by atoms with Gasteiger partial charge in [0.2, 0.25) is 0 Å². The summed E-state index contributed by atoms with van der Waals surface area (Å²) in [6, 6.07) is 12.5. The topological polar surface area (TPSA) is 54.3 Å². The molecule has 28 heavy (non-hydrogen) atoms. The maximum atomic E-state index is 13.1. The number of nitrogens with zero attached hydrogens (tertiary/aromatic N) is 5. The van der Waals surface area contributed by atoms with Gasteiger partial charge in [0.15, 0.2) is 5.65 Å². The van der Waals surface area contributed by atoms with Gasteiger partial charge in [-0.1, -0.05) is 30.3 Å². The molecule has 0 spiro atoms. The Hall–Kier alpha value is -2.73. The van der Waals surface area contributed by atoms with Crippen LogP contribution in [0.1, 0.15) is 28.0 Å². The van der Waals surface area contributed by atoms with Gasteiger partial charge in [0.1, 0.15) is 0 Å². The number of aromatic nitrogens is 3. The fourth-order valence-electron chi connectivity index (χ4n) is 4.14. The SMILES string of the molecule is Cc1cc(C(=O)N(C)C[C@H]2CCN(Cc3ccccc3)C2)c2cnn(C)c2n1. The molecule has 4 rings (SSSR count). The highest BCUT2D eigenvalue weighted by Gasteiger charge is 2.26. The maximum absolute atomic E-state index is 13.1. The molecular weight excluding hydrogens is 350 g/mol. The maximum Gasteiger partial charge on any atom is 0.254 e. The number of carbonyl (C=O) groups is 1. The van der Waals surface area contributed by atoms with E-state index < -0.39 is 0 Å². The highest BCUT2D eigenvalue weighted by atomic mass is 16.2. The summed E-state index contributed by atoms with van der Waals surface area (Å²) >= 11 is 0. The molecule has 0 saturated carbocycles. The Kier molecular flexibility index (Phi) is 5.13. The first-order chi connectivity index (χ1) is 13.5. The van der Waals surface area contributed by atoms with Crippen molar-refractivity contribution in [3.63, 3.8) is 0 Å². The van der Waals surface area contributed by atoms with Gasteiger partial charge >= 0.3 is 0 Å². The van der Waals surface area contributed by atoms with Crippen LogP contribution in [0.5, 0.6) is 0 Å². The lowest BCUT2D eigenvalue weighted by Crippen LogP contribution is -2.33. The molecule has 2 aromatic heterocycles. The van der Waals surface area contributed by atoms with Gasteiger partial charge in [0.05, 0.1) is 17.1 Å². The quantitative estimate of drug-likeness (QED) is 0.686. The summed E-state index contributed by atoms with van der Waals surface area (Å²) < 4.78 is 1.72. The van der Waals surface area contributed by atoms with Crippen molar-refractivity contribution in [3.8, 4) is 0 Å². The molecular formula is C22H27N5O. The molecule has 1 fully saturated rings. The fraction of sp³-hybridized carbons (Fsp3) is 0.409. The van der Waals surface area contributed by atoms with Crippen LogP contribution in [0.15, 0.2) is 42.6 Å². The van der Waals surface area contributed by atoms with Crippen LogP contribution in [-0.4, -0.2) is 57.2 Å². The van der Waals surface area contributed by atoms with Gasteiger partial charge < -0.3 is 4.90 Å². The van der Waals surface area contributed by atoms with Gasteiger partial charge in [-0.2, -0.15) is 5.10 Å². The van der Waals surface area contributed by atoms with Crippen molar-refractivity contribution in [3.05, 3.63) is 59.4 Å². The lowest BCUT2D eigenvalue weighted by atomic mass is 10.1. The third-order valence-corrected chi connectivity index (χ3v) is 5.56. The minimum Gasteiger partial charge on any atom is -0.341 e. The third-order valence-electron chi connectivity index (χ3n) is 5.56. The van der Waals surface area contributed by atoms with E-state index in [-0.39, 0.29) is 5.91 Å². The molecule has 146 valence electrons. The number of amides is 1. The second-order valence-corrected chi connectivity index (χ2v) is 7.88. The minimum absolute atomic E-state index is 0.0463. The lowest BCUT2D eigenvalue weighted by molar-refractivity contribution is 0.0775. The van der Waals surface area contributed by atoms with Crippen molar-refractivity contribution in [2.75, 3.05) is 26.7 Å². The monoisotopic (exact) mass is 377 g/mol. The van der Waals surface area contributed by atoms with E-state index in [9.17, 15) is 4.79 Å². The Labute approximate surface area is 165 Å². The molecule has 1 aliphatic rings. The summed E-state index contributed by atoms with van der Waals surface area (Å²) in [5, 5.41) is 5.09. The molecule has 1 atom stereocenters. The largest absolute Gasteiger partial charge is 0.341 e. The van der Waals surface area contributed by atoms with E-state index in [1.807, 2.05) is 32.0 Å². The van der Waals surface area contributed by atoms with E-state index >= 15 is 0 Å². The molecule has 6 heteroatoms. The number of rotatable bonds is 5. The summed E-state index contributed by atoms with van der Waals surface area (Å²) in [5.74, 6) is 0.551. The Morgan fingerprint density at radius 1 is 1.29 bits per heavy atom. The first kappa shape index (κ1) is 18.6. The number of aryl methyl sites for hydroxylation is 2. The second-order valence-electron chi connectivity index (χ2n) is 7.88. The van der Waals surface area contributed by atoms with Gasteiger partial charge in [-0.15, -0.1) is 0 Å². The van der Waals surface area contributed by atoms with Gasteiger partial charge in [0.25, 0.3) is 5.91 Å². The normalized spacial score (nSPS) is 17.3. The summed E-state index contributed by atoms with van der Waals surface area (Å²) in [7, 11) is 3.76. The van der Waals surface area contributed by atoms with E-state index in [1.54, 1.807) is 10.9 Å². The molecule has 1 aliphatic heterocycles. The van der Waals surface area contributed by atoms with E-state index in [1.165, 1.54) is 5.56 Å². The van der Waals surface area contributed by atoms with E-state index in [4.69, 9.17) is 0 Å². The molecule has 0 N–H and O–H groups in total. The smallest absolute Gasteiger partial charge is 0.254 e. The van der Waals surface area contributed by atoms with Crippen LogP contribution in [0.3, 0.4) is 0 Å². The van der Waals surface area contributed by atoms with Gasteiger partial charge in [-0.3, -0.25) is 14.4 Å². The number of benzene rings is 1. The van der Waals surface area contributed by atoms with Crippen LogP contribution in [-0.2, 0) is 13.6 Å². The second kappa shape index (κ2) is 7.72. The van der Waals surface area contributed by atoms with Gasteiger partial charge in [-0.05, 0) is 37.4 Å². The molecule has 0 bridgehead atoms. The first-order valence-electron chi connectivity index (χ1n) is 9.82. The Bertz CT molecular complexity index is 981. The Morgan fingerprint density at radius 2 is 2.07 bits per heavy atom. The summed E-state index contributed by atoms with van der Waals surface area (Å²) in [6.07, 6.45) is 2.86. The zero-order chi connectivity index (χ0) is 19.7. The Balaban J connectivity index is 1.42. The van der Waals surface area contributed by atoms with Crippen LogP contribution in [0, 0.1) is 12.8 Å². The summed E-state index contributed by atoms with van der Waals surface area (Å²) in [6.45, 7) is 5.79. The molecule has 6 nitrogen and oxygen atoms in total. The molecule has 0 radical (unpaired) electrons. The molecule has 3 aromatic rings. The van der Waals surface area contributed by atoms with Crippen LogP contribution >= 0.6 is 0 Å². The molecule has 3 heterocycles. The molecule has 1 amide bonds. The molecule has 1 aromatic carbocycles. The highest BCUT2D eigenvalue weighted by molar-refractivity contribution is 6.05. The third kappa shape index (κ3) is 3.78. The average Bonchev–Trinajstić information content (AvgIpc) is 3.28. The summed E-state index contributed by atoms with van der Waals surface area (Å²) in [5.41, 5.74) is 3.63. The van der Waals surface area contributed by atoms with Crippen molar-refractivity contribution in [1.29, 1.82) is 0 Å². The average molecular weight is 377 g/mol. The van der Waals surface area contributed by atoms with Crippen molar-refractivity contribution < 1.29 is 4.79 Å². The molecule has 0 aliphatic carbocycles. The van der Waals surface area contributed by atoms with Gasteiger partial charge in [-0.25, -0.2) is 4.98 Å². The summed E-state index contributed by atoms with van der Waals surface area (Å²) in [4.78, 5) is 22.0.